The van der Waals surface area contributed by atoms with Crippen LogP contribution in [0.4, 0.5) is 0 Å². The van der Waals surface area contributed by atoms with Crippen LogP contribution in [0.15, 0.2) is 21.7 Å². The molecule has 0 bridgehead atoms. The summed E-state index contributed by atoms with van der Waals surface area (Å²) in [6.07, 6.45) is 1.48. The van der Waals surface area contributed by atoms with Crippen LogP contribution in [0.25, 0.3) is 0 Å². The Morgan fingerprint density at radius 2 is 2.00 bits per heavy atom. The van der Waals surface area contributed by atoms with E-state index >= 15 is 0 Å². The fraction of sp³-hybridized carbons (Fsp3) is 0.533. The standard InChI is InChI=1S/C15H20N6O3/c1-3-21-13(16-17-15(21)24)10-6-8-20(9-7-10)14(23)11-4-5-12(22)19(2)18-11/h4-5,10H,3,6-9H2,1-2H3,(H,17,24). The van der Waals surface area contributed by atoms with Gasteiger partial charge in [0.05, 0.1) is 0 Å². The number of nitrogens with one attached hydrogen (secondary N) is 1. The van der Waals surface area contributed by atoms with E-state index in [-0.39, 0.29) is 28.8 Å². The monoisotopic (exact) mass is 332 g/mol. The van der Waals surface area contributed by atoms with Gasteiger partial charge in [0.2, 0.25) is 0 Å². The first-order valence-electron chi connectivity index (χ1n) is 8.00. The highest BCUT2D eigenvalue weighted by molar-refractivity contribution is 5.92. The quantitative estimate of drug-likeness (QED) is 0.831. The van der Waals surface area contributed by atoms with Crippen LogP contribution < -0.4 is 11.2 Å². The Bertz CT molecular complexity index is 857. The highest BCUT2D eigenvalue weighted by Crippen LogP contribution is 2.26. The third-order valence-electron chi connectivity index (χ3n) is 4.43. The molecule has 1 aliphatic heterocycles. The zero-order chi connectivity index (χ0) is 17.3. The molecule has 0 spiro atoms. The molecule has 1 amide bonds. The predicted molar refractivity (Wildman–Crippen MR) is 85.9 cm³/mol. The van der Waals surface area contributed by atoms with Gasteiger partial charge < -0.3 is 4.90 Å². The molecule has 0 atom stereocenters. The zero-order valence-corrected chi connectivity index (χ0v) is 13.7. The maximum Gasteiger partial charge on any atom is 0.343 e. The normalized spacial score (nSPS) is 15.7. The van der Waals surface area contributed by atoms with E-state index < -0.39 is 0 Å². The van der Waals surface area contributed by atoms with E-state index in [9.17, 15) is 14.4 Å². The van der Waals surface area contributed by atoms with E-state index in [1.165, 1.54) is 19.2 Å². The lowest BCUT2D eigenvalue weighted by atomic mass is 9.95. The van der Waals surface area contributed by atoms with Crippen molar-refractivity contribution in [3.63, 3.8) is 0 Å². The van der Waals surface area contributed by atoms with E-state index in [1.807, 2.05) is 6.92 Å². The van der Waals surface area contributed by atoms with Crippen LogP contribution in [-0.2, 0) is 13.6 Å². The molecule has 0 aromatic carbocycles. The van der Waals surface area contributed by atoms with E-state index in [0.29, 0.717) is 19.6 Å². The molecule has 1 saturated heterocycles. The molecule has 128 valence electrons. The van der Waals surface area contributed by atoms with Crippen molar-refractivity contribution in [1.82, 2.24) is 29.4 Å². The summed E-state index contributed by atoms with van der Waals surface area (Å²) in [5.41, 5.74) is -0.178. The Hall–Kier alpha value is -2.71. The average Bonchev–Trinajstić information content (AvgIpc) is 2.97. The minimum atomic E-state index is -0.249. The molecule has 0 aliphatic carbocycles. The van der Waals surface area contributed by atoms with Crippen molar-refractivity contribution in [2.45, 2.75) is 32.2 Å². The number of piperidine rings is 1. The molecule has 1 aliphatic rings. The molecule has 1 fully saturated rings. The molecule has 0 radical (unpaired) electrons. The number of amides is 1. The number of carbonyl (C=O) groups excluding carboxylic acids is 1. The van der Waals surface area contributed by atoms with E-state index in [2.05, 4.69) is 15.3 Å². The van der Waals surface area contributed by atoms with Gasteiger partial charge in [0.25, 0.3) is 11.5 Å². The number of aryl methyl sites for hydroxylation is 1. The number of nitrogens with zero attached hydrogens (tertiary/aromatic N) is 5. The van der Waals surface area contributed by atoms with Gasteiger partial charge in [-0.3, -0.25) is 14.2 Å². The average molecular weight is 332 g/mol. The lowest BCUT2D eigenvalue weighted by molar-refractivity contribution is 0.0701. The lowest BCUT2D eigenvalue weighted by Crippen LogP contribution is -2.39. The molecular weight excluding hydrogens is 312 g/mol. The first-order chi connectivity index (χ1) is 11.5. The molecule has 0 unspecified atom stereocenters. The Morgan fingerprint density at radius 1 is 1.29 bits per heavy atom. The smallest absolute Gasteiger partial charge is 0.337 e. The van der Waals surface area contributed by atoms with Crippen molar-refractivity contribution >= 4 is 5.91 Å². The minimum absolute atomic E-state index is 0.154. The number of aromatic nitrogens is 5. The predicted octanol–water partition coefficient (Wildman–Crippen LogP) is -0.295. The van der Waals surface area contributed by atoms with Gasteiger partial charge in [-0.2, -0.15) is 10.2 Å². The summed E-state index contributed by atoms with van der Waals surface area (Å²) in [7, 11) is 1.52. The summed E-state index contributed by atoms with van der Waals surface area (Å²) >= 11 is 0. The molecule has 24 heavy (non-hydrogen) atoms. The minimum Gasteiger partial charge on any atom is -0.337 e. The van der Waals surface area contributed by atoms with Crippen LogP contribution in [-0.4, -0.2) is 48.4 Å². The molecule has 0 saturated carbocycles. The number of H-pyrrole nitrogens is 1. The van der Waals surface area contributed by atoms with Crippen molar-refractivity contribution in [2.24, 2.45) is 7.05 Å². The van der Waals surface area contributed by atoms with Gasteiger partial charge in [0, 0.05) is 38.7 Å². The first-order valence-corrected chi connectivity index (χ1v) is 8.00. The number of hydrogen-bond donors (Lipinski definition) is 1. The van der Waals surface area contributed by atoms with Gasteiger partial charge in [-0.15, -0.1) is 0 Å². The molecule has 3 rings (SSSR count). The second-order valence-electron chi connectivity index (χ2n) is 5.88. The van der Waals surface area contributed by atoms with Crippen molar-refractivity contribution in [3.05, 3.63) is 44.5 Å². The zero-order valence-electron chi connectivity index (χ0n) is 13.7. The van der Waals surface area contributed by atoms with E-state index in [1.54, 1.807) is 9.47 Å². The number of carbonyl (C=O) groups is 1. The third kappa shape index (κ3) is 2.89. The van der Waals surface area contributed by atoms with Crippen LogP contribution in [0.1, 0.15) is 42.0 Å². The second kappa shape index (κ2) is 6.42. The Balaban J connectivity index is 1.70. The molecule has 9 heteroatoms. The largest absolute Gasteiger partial charge is 0.343 e. The van der Waals surface area contributed by atoms with Crippen molar-refractivity contribution in [3.8, 4) is 0 Å². The van der Waals surface area contributed by atoms with E-state index in [4.69, 9.17) is 0 Å². The molecule has 2 aromatic rings. The molecule has 3 heterocycles. The number of rotatable bonds is 3. The number of hydrogen-bond acceptors (Lipinski definition) is 5. The van der Waals surface area contributed by atoms with Crippen molar-refractivity contribution in [1.29, 1.82) is 0 Å². The van der Waals surface area contributed by atoms with Gasteiger partial charge in [0.15, 0.2) is 0 Å². The maximum absolute atomic E-state index is 12.5. The Kier molecular flexibility index (Phi) is 4.32. The van der Waals surface area contributed by atoms with Gasteiger partial charge in [-0.25, -0.2) is 14.6 Å². The highest BCUT2D eigenvalue weighted by Gasteiger charge is 2.28. The molecule has 9 nitrogen and oxygen atoms in total. The summed E-state index contributed by atoms with van der Waals surface area (Å²) in [4.78, 5) is 37.3. The van der Waals surface area contributed by atoms with Crippen molar-refractivity contribution < 1.29 is 4.79 Å². The SMILES string of the molecule is CCn1c(C2CCN(C(=O)c3ccc(=O)n(C)n3)CC2)n[nH]c1=O. The van der Waals surface area contributed by atoms with Gasteiger partial charge in [0.1, 0.15) is 11.5 Å². The van der Waals surface area contributed by atoms with Gasteiger partial charge in [-0.1, -0.05) is 0 Å². The topological polar surface area (TPSA) is 106 Å². The van der Waals surface area contributed by atoms with Crippen LogP contribution in [0.2, 0.25) is 0 Å². The fourth-order valence-electron chi connectivity index (χ4n) is 3.07. The lowest BCUT2D eigenvalue weighted by Gasteiger charge is -2.31. The third-order valence-corrected chi connectivity index (χ3v) is 4.43. The summed E-state index contributed by atoms with van der Waals surface area (Å²) in [5, 5.41) is 10.6. The first kappa shape index (κ1) is 16.2. The van der Waals surface area contributed by atoms with Crippen LogP contribution in [0, 0.1) is 0 Å². The molecule has 1 N–H and O–H groups in total. The number of likely N-dealkylation sites (tertiary alicyclic amines) is 1. The summed E-state index contributed by atoms with van der Waals surface area (Å²) in [6, 6.07) is 2.80. The summed E-state index contributed by atoms with van der Waals surface area (Å²) in [6.45, 7) is 3.62. The Morgan fingerprint density at radius 3 is 2.62 bits per heavy atom. The van der Waals surface area contributed by atoms with E-state index in [0.717, 1.165) is 23.3 Å². The van der Waals surface area contributed by atoms with Crippen LogP contribution in [0.3, 0.4) is 0 Å². The summed E-state index contributed by atoms with van der Waals surface area (Å²) in [5.74, 6) is 0.731. The maximum atomic E-state index is 12.5. The van der Waals surface area contributed by atoms with Crippen molar-refractivity contribution in [2.75, 3.05) is 13.1 Å². The second-order valence-corrected chi connectivity index (χ2v) is 5.88. The fourth-order valence-corrected chi connectivity index (χ4v) is 3.07. The summed E-state index contributed by atoms with van der Waals surface area (Å²) < 4.78 is 2.79. The van der Waals surface area contributed by atoms with Gasteiger partial charge >= 0.3 is 5.69 Å². The number of aromatic amines is 1. The molecular formula is C15H20N6O3. The Labute approximate surface area is 137 Å². The van der Waals surface area contributed by atoms with Gasteiger partial charge in [-0.05, 0) is 25.8 Å². The molecule has 2 aromatic heterocycles. The highest BCUT2D eigenvalue weighted by atomic mass is 16.2. The van der Waals surface area contributed by atoms with Crippen LogP contribution >= 0.6 is 0 Å². The van der Waals surface area contributed by atoms with Crippen LogP contribution in [0.5, 0.6) is 0 Å².